The maximum absolute atomic E-state index is 13.3. The predicted molar refractivity (Wildman–Crippen MR) is 92.7 cm³/mol. The molecule has 1 aliphatic heterocycles. The van der Waals surface area contributed by atoms with E-state index in [-0.39, 0.29) is 11.8 Å². The lowest BCUT2D eigenvalue weighted by atomic mass is 9.60. The Morgan fingerprint density at radius 1 is 1.00 bits per heavy atom. The number of carbonyl (C=O) groups excluding carboxylic acids is 2. The van der Waals surface area contributed by atoms with Crippen molar-refractivity contribution in [1.29, 1.82) is 0 Å². The summed E-state index contributed by atoms with van der Waals surface area (Å²) in [5.74, 6) is 0.797. The fraction of sp³-hybridized carbons (Fsp3) is 0.600. The first-order valence-electron chi connectivity index (χ1n) is 8.85. The number of esters is 1. The summed E-state index contributed by atoms with van der Waals surface area (Å²) in [6.45, 7) is 3.75. The normalized spacial score (nSPS) is 24.7. The van der Waals surface area contributed by atoms with Crippen LogP contribution in [0.4, 0.5) is 0 Å². The van der Waals surface area contributed by atoms with Crippen LogP contribution in [0.15, 0.2) is 18.2 Å². The van der Waals surface area contributed by atoms with E-state index in [1.165, 1.54) is 0 Å². The van der Waals surface area contributed by atoms with E-state index in [4.69, 9.17) is 14.2 Å². The van der Waals surface area contributed by atoms with Crippen LogP contribution in [0.2, 0.25) is 0 Å². The van der Waals surface area contributed by atoms with Gasteiger partial charge in [0.25, 0.3) is 0 Å². The molecule has 25 heavy (non-hydrogen) atoms. The summed E-state index contributed by atoms with van der Waals surface area (Å²) in [7, 11) is 3.13. The van der Waals surface area contributed by atoms with Crippen molar-refractivity contribution in [2.24, 2.45) is 10.8 Å². The van der Waals surface area contributed by atoms with Crippen molar-refractivity contribution >= 4 is 11.8 Å². The van der Waals surface area contributed by atoms with Gasteiger partial charge in [0.1, 0.15) is 11.5 Å². The molecule has 1 saturated heterocycles. The summed E-state index contributed by atoms with van der Waals surface area (Å²) < 4.78 is 16.5. The number of hydrogen-bond donors (Lipinski definition) is 0. The second-order valence-electron chi connectivity index (χ2n) is 7.59. The van der Waals surface area contributed by atoms with Crippen molar-refractivity contribution in [2.45, 2.75) is 52.1 Å². The summed E-state index contributed by atoms with van der Waals surface area (Å²) in [5.41, 5.74) is -0.991. The van der Waals surface area contributed by atoms with Crippen LogP contribution in [-0.2, 0) is 14.3 Å². The van der Waals surface area contributed by atoms with Crippen LogP contribution in [0.5, 0.6) is 11.5 Å². The Kier molecular flexibility index (Phi) is 4.52. The van der Waals surface area contributed by atoms with E-state index in [1.54, 1.807) is 26.4 Å². The number of ether oxygens (including phenoxy) is 3. The Morgan fingerprint density at radius 3 is 2.24 bits per heavy atom. The summed E-state index contributed by atoms with van der Waals surface area (Å²) in [6.07, 6.45) is 3.46. The van der Waals surface area contributed by atoms with Gasteiger partial charge in [-0.1, -0.05) is 25.3 Å². The van der Waals surface area contributed by atoms with Gasteiger partial charge in [-0.2, -0.15) is 0 Å². The lowest BCUT2D eigenvalue weighted by molar-refractivity contribution is -0.192. The van der Waals surface area contributed by atoms with E-state index < -0.39 is 16.9 Å². The van der Waals surface area contributed by atoms with Crippen molar-refractivity contribution in [3.63, 3.8) is 0 Å². The molecule has 5 nitrogen and oxygen atoms in total. The van der Waals surface area contributed by atoms with E-state index in [2.05, 4.69) is 0 Å². The quantitative estimate of drug-likeness (QED) is 0.614. The molecule has 1 aliphatic carbocycles. The van der Waals surface area contributed by atoms with E-state index >= 15 is 0 Å². The van der Waals surface area contributed by atoms with Crippen LogP contribution in [0.3, 0.4) is 0 Å². The van der Waals surface area contributed by atoms with Crippen molar-refractivity contribution in [3.8, 4) is 11.5 Å². The first-order valence-corrected chi connectivity index (χ1v) is 8.85. The highest BCUT2D eigenvalue weighted by Gasteiger charge is 2.60. The third-order valence-electron chi connectivity index (χ3n) is 5.71. The Hall–Kier alpha value is -2.04. The van der Waals surface area contributed by atoms with Gasteiger partial charge in [0.2, 0.25) is 0 Å². The summed E-state index contributed by atoms with van der Waals surface area (Å²) in [6, 6.07) is 5.38. The smallest absolute Gasteiger partial charge is 0.320 e. The van der Waals surface area contributed by atoms with Crippen molar-refractivity contribution in [1.82, 2.24) is 0 Å². The molecule has 1 atom stereocenters. The Labute approximate surface area is 148 Å². The zero-order valence-corrected chi connectivity index (χ0v) is 15.4. The molecular formula is C20H26O5. The van der Waals surface area contributed by atoms with E-state index in [1.807, 2.05) is 19.9 Å². The number of ketones is 1. The highest BCUT2D eigenvalue weighted by Crippen LogP contribution is 2.53. The number of benzene rings is 1. The van der Waals surface area contributed by atoms with Crippen LogP contribution in [-0.4, -0.2) is 26.0 Å². The first-order chi connectivity index (χ1) is 11.9. The molecule has 0 radical (unpaired) electrons. The molecule has 0 unspecified atom stereocenters. The lowest BCUT2D eigenvalue weighted by Crippen LogP contribution is -2.55. The standard InChI is InChI=1S/C20H26O5/c1-19(2)16(13-8-9-14(23-3)15(12-13)24-4)25-18(22)20(17(19)21)10-6-5-7-11-20/h8-9,12,16H,5-7,10-11H2,1-4H3/t16-/m1/s1. The third kappa shape index (κ3) is 2.70. The van der Waals surface area contributed by atoms with Gasteiger partial charge in [-0.25, -0.2) is 0 Å². The SMILES string of the molecule is COc1ccc([C@H]2OC(=O)C3(CCCCC3)C(=O)C2(C)C)cc1OC. The minimum absolute atomic E-state index is 0.00994. The minimum atomic E-state index is -0.950. The molecule has 136 valence electrons. The Bertz CT molecular complexity index is 685. The second kappa shape index (κ2) is 6.36. The van der Waals surface area contributed by atoms with Crippen LogP contribution >= 0.6 is 0 Å². The van der Waals surface area contributed by atoms with Gasteiger partial charge in [-0.3, -0.25) is 9.59 Å². The fourth-order valence-electron chi connectivity index (χ4n) is 4.28. The van der Waals surface area contributed by atoms with Gasteiger partial charge in [0.05, 0.1) is 19.6 Å². The number of rotatable bonds is 3. The molecule has 0 aromatic heterocycles. The Balaban J connectivity index is 1.99. The predicted octanol–water partition coefficient (Wildman–Crippen LogP) is 3.85. The molecular weight excluding hydrogens is 320 g/mol. The van der Waals surface area contributed by atoms with Crippen LogP contribution in [0.1, 0.15) is 57.6 Å². The first kappa shape index (κ1) is 17.8. The van der Waals surface area contributed by atoms with Crippen molar-refractivity contribution in [2.75, 3.05) is 14.2 Å². The largest absolute Gasteiger partial charge is 0.493 e. The van der Waals surface area contributed by atoms with E-state index in [0.29, 0.717) is 24.3 Å². The number of cyclic esters (lactones) is 1. The molecule has 0 amide bonds. The van der Waals surface area contributed by atoms with Crippen molar-refractivity contribution in [3.05, 3.63) is 23.8 Å². The molecule has 1 spiro atoms. The summed E-state index contributed by atoms with van der Waals surface area (Å²) in [4.78, 5) is 26.2. The average Bonchev–Trinajstić information content (AvgIpc) is 2.64. The minimum Gasteiger partial charge on any atom is -0.493 e. The second-order valence-corrected chi connectivity index (χ2v) is 7.59. The van der Waals surface area contributed by atoms with Crippen LogP contribution in [0, 0.1) is 10.8 Å². The zero-order chi connectivity index (χ0) is 18.2. The zero-order valence-electron chi connectivity index (χ0n) is 15.4. The number of carbonyl (C=O) groups is 2. The highest BCUT2D eigenvalue weighted by molar-refractivity contribution is 6.08. The number of hydrogen-bond acceptors (Lipinski definition) is 5. The lowest BCUT2D eigenvalue weighted by Gasteiger charge is -2.47. The van der Waals surface area contributed by atoms with Gasteiger partial charge >= 0.3 is 5.97 Å². The topological polar surface area (TPSA) is 61.8 Å². The summed E-state index contributed by atoms with van der Waals surface area (Å²) >= 11 is 0. The van der Waals surface area contributed by atoms with Gasteiger partial charge in [0, 0.05) is 0 Å². The molecule has 1 aromatic rings. The fourth-order valence-corrected chi connectivity index (χ4v) is 4.28. The van der Waals surface area contributed by atoms with Gasteiger partial charge in [-0.05, 0) is 44.4 Å². The molecule has 0 N–H and O–H groups in total. The number of Topliss-reactive ketones (excluding diaryl/α,β-unsaturated/α-hetero) is 1. The molecule has 0 bridgehead atoms. The van der Waals surface area contributed by atoms with E-state index in [0.717, 1.165) is 24.8 Å². The van der Waals surface area contributed by atoms with Gasteiger partial charge < -0.3 is 14.2 Å². The van der Waals surface area contributed by atoms with E-state index in [9.17, 15) is 9.59 Å². The maximum atomic E-state index is 13.3. The molecule has 3 rings (SSSR count). The maximum Gasteiger partial charge on any atom is 0.320 e. The molecule has 1 heterocycles. The average molecular weight is 346 g/mol. The molecule has 1 saturated carbocycles. The highest BCUT2D eigenvalue weighted by atomic mass is 16.6. The third-order valence-corrected chi connectivity index (χ3v) is 5.71. The molecule has 5 heteroatoms. The Morgan fingerprint density at radius 2 is 1.64 bits per heavy atom. The van der Waals surface area contributed by atoms with Crippen molar-refractivity contribution < 1.29 is 23.8 Å². The monoisotopic (exact) mass is 346 g/mol. The van der Waals surface area contributed by atoms with Crippen LogP contribution < -0.4 is 9.47 Å². The molecule has 2 aliphatic rings. The molecule has 1 aromatic carbocycles. The molecule has 2 fully saturated rings. The van der Waals surface area contributed by atoms with Crippen LogP contribution in [0.25, 0.3) is 0 Å². The van der Waals surface area contributed by atoms with Gasteiger partial charge in [-0.15, -0.1) is 0 Å². The number of methoxy groups -OCH3 is 2. The summed E-state index contributed by atoms with van der Waals surface area (Å²) in [5, 5.41) is 0. The van der Waals surface area contributed by atoms with Gasteiger partial charge in [0.15, 0.2) is 17.3 Å².